The summed E-state index contributed by atoms with van der Waals surface area (Å²) in [5.74, 6) is 7.33. The molecule has 0 spiro atoms. The standard InChI is InChI=1S/C15H22N2O/c1-15(2)9-13(15)14(17-16)10-3-5-11(6-4-10)18-12-7-8-12/h3-6,12-14,17H,7-9,16H2,1-2H3. The predicted octanol–water partition coefficient (Wildman–Crippen LogP) is 2.78. The van der Waals surface area contributed by atoms with Gasteiger partial charge in [0.25, 0.3) is 0 Å². The van der Waals surface area contributed by atoms with Crippen molar-refractivity contribution in [2.75, 3.05) is 0 Å². The van der Waals surface area contributed by atoms with E-state index in [0.717, 1.165) is 5.75 Å². The monoisotopic (exact) mass is 246 g/mol. The van der Waals surface area contributed by atoms with E-state index in [-0.39, 0.29) is 6.04 Å². The largest absolute Gasteiger partial charge is 0.490 e. The van der Waals surface area contributed by atoms with E-state index in [1.54, 1.807) is 0 Å². The van der Waals surface area contributed by atoms with Gasteiger partial charge in [-0.05, 0) is 48.3 Å². The minimum Gasteiger partial charge on any atom is -0.490 e. The molecule has 3 N–H and O–H groups in total. The molecule has 0 aliphatic heterocycles. The van der Waals surface area contributed by atoms with Crippen molar-refractivity contribution in [1.82, 2.24) is 5.43 Å². The van der Waals surface area contributed by atoms with Crippen molar-refractivity contribution in [3.8, 4) is 5.75 Å². The topological polar surface area (TPSA) is 47.3 Å². The van der Waals surface area contributed by atoms with E-state index in [0.29, 0.717) is 17.4 Å². The SMILES string of the molecule is CC1(C)CC1C(NN)c1ccc(OC2CC2)cc1. The van der Waals surface area contributed by atoms with Crippen molar-refractivity contribution in [3.63, 3.8) is 0 Å². The maximum absolute atomic E-state index is 5.76. The molecule has 0 aromatic heterocycles. The van der Waals surface area contributed by atoms with Gasteiger partial charge in [-0.25, -0.2) is 0 Å². The third-order valence-corrected chi connectivity index (χ3v) is 4.24. The molecule has 1 aromatic carbocycles. The molecule has 2 unspecified atom stereocenters. The van der Waals surface area contributed by atoms with Gasteiger partial charge in [0.1, 0.15) is 5.75 Å². The van der Waals surface area contributed by atoms with Crippen LogP contribution in [-0.2, 0) is 0 Å². The smallest absolute Gasteiger partial charge is 0.119 e. The zero-order valence-corrected chi connectivity index (χ0v) is 11.1. The van der Waals surface area contributed by atoms with Crippen LogP contribution in [0.25, 0.3) is 0 Å². The summed E-state index contributed by atoms with van der Waals surface area (Å²) >= 11 is 0. The van der Waals surface area contributed by atoms with Gasteiger partial charge in [-0.3, -0.25) is 11.3 Å². The van der Waals surface area contributed by atoms with E-state index in [1.165, 1.54) is 24.8 Å². The zero-order chi connectivity index (χ0) is 12.8. The highest BCUT2D eigenvalue weighted by atomic mass is 16.5. The Kier molecular flexibility index (Phi) is 2.83. The lowest BCUT2D eigenvalue weighted by Crippen LogP contribution is -2.30. The van der Waals surface area contributed by atoms with E-state index in [9.17, 15) is 0 Å². The average Bonchev–Trinajstić information content (AvgIpc) is 3.23. The first-order valence-corrected chi connectivity index (χ1v) is 6.83. The molecule has 2 aliphatic rings. The van der Waals surface area contributed by atoms with Gasteiger partial charge in [-0.1, -0.05) is 26.0 Å². The normalized spacial score (nSPS) is 26.7. The van der Waals surface area contributed by atoms with Gasteiger partial charge in [0, 0.05) is 6.04 Å². The molecular weight excluding hydrogens is 224 g/mol. The van der Waals surface area contributed by atoms with Gasteiger partial charge in [0.15, 0.2) is 0 Å². The Bertz CT molecular complexity index is 423. The maximum Gasteiger partial charge on any atom is 0.119 e. The van der Waals surface area contributed by atoms with Gasteiger partial charge in [-0.15, -0.1) is 0 Å². The lowest BCUT2D eigenvalue weighted by atomic mass is 9.97. The summed E-state index contributed by atoms with van der Waals surface area (Å²) in [4.78, 5) is 0. The van der Waals surface area contributed by atoms with Gasteiger partial charge < -0.3 is 4.74 Å². The van der Waals surface area contributed by atoms with Gasteiger partial charge in [-0.2, -0.15) is 0 Å². The van der Waals surface area contributed by atoms with E-state index >= 15 is 0 Å². The molecule has 2 aliphatic carbocycles. The summed E-state index contributed by atoms with van der Waals surface area (Å²) in [6.45, 7) is 4.60. The molecule has 0 amide bonds. The Morgan fingerprint density at radius 1 is 1.28 bits per heavy atom. The van der Waals surface area contributed by atoms with Crippen molar-refractivity contribution in [2.24, 2.45) is 17.2 Å². The second kappa shape index (κ2) is 4.25. The van der Waals surface area contributed by atoms with E-state index in [2.05, 4.69) is 43.5 Å². The van der Waals surface area contributed by atoms with Gasteiger partial charge >= 0.3 is 0 Å². The van der Waals surface area contributed by atoms with Gasteiger partial charge in [0.2, 0.25) is 0 Å². The van der Waals surface area contributed by atoms with Crippen molar-refractivity contribution in [2.45, 2.75) is 45.3 Å². The van der Waals surface area contributed by atoms with Crippen LogP contribution >= 0.6 is 0 Å². The highest BCUT2D eigenvalue weighted by Gasteiger charge is 2.50. The number of nitrogens with one attached hydrogen (secondary N) is 1. The Morgan fingerprint density at radius 3 is 2.33 bits per heavy atom. The number of ether oxygens (including phenoxy) is 1. The molecule has 0 bridgehead atoms. The molecule has 18 heavy (non-hydrogen) atoms. The first kappa shape index (κ1) is 12.0. The van der Waals surface area contributed by atoms with Crippen molar-refractivity contribution in [1.29, 1.82) is 0 Å². The number of benzene rings is 1. The summed E-state index contributed by atoms with van der Waals surface area (Å²) in [6.07, 6.45) is 4.10. The van der Waals surface area contributed by atoms with Crippen molar-refractivity contribution < 1.29 is 4.74 Å². The van der Waals surface area contributed by atoms with Crippen LogP contribution in [-0.4, -0.2) is 6.10 Å². The summed E-state index contributed by atoms with van der Waals surface area (Å²) in [5, 5.41) is 0. The zero-order valence-electron chi connectivity index (χ0n) is 11.1. The Labute approximate surface area is 109 Å². The van der Waals surface area contributed by atoms with Crippen molar-refractivity contribution in [3.05, 3.63) is 29.8 Å². The molecule has 3 rings (SSSR count). The fraction of sp³-hybridized carbons (Fsp3) is 0.600. The molecule has 0 heterocycles. The Morgan fingerprint density at radius 2 is 1.89 bits per heavy atom. The maximum atomic E-state index is 5.76. The minimum absolute atomic E-state index is 0.259. The Hall–Kier alpha value is -1.06. The molecule has 3 heteroatoms. The van der Waals surface area contributed by atoms with E-state index in [1.807, 2.05) is 0 Å². The highest BCUT2D eigenvalue weighted by Crippen LogP contribution is 2.57. The molecule has 98 valence electrons. The second-order valence-corrected chi connectivity index (χ2v) is 6.33. The molecule has 0 saturated heterocycles. The van der Waals surface area contributed by atoms with Crippen LogP contribution in [0.15, 0.2) is 24.3 Å². The average molecular weight is 246 g/mol. The van der Waals surface area contributed by atoms with Crippen LogP contribution in [0.5, 0.6) is 5.75 Å². The van der Waals surface area contributed by atoms with Crippen LogP contribution in [0, 0.1) is 11.3 Å². The lowest BCUT2D eigenvalue weighted by Gasteiger charge is -2.18. The molecule has 2 saturated carbocycles. The first-order valence-electron chi connectivity index (χ1n) is 6.83. The molecule has 0 radical (unpaired) electrons. The Balaban J connectivity index is 1.70. The number of hydrogen-bond acceptors (Lipinski definition) is 3. The summed E-state index contributed by atoms with van der Waals surface area (Å²) < 4.78 is 5.76. The van der Waals surface area contributed by atoms with Crippen molar-refractivity contribution >= 4 is 0 Å². The second-order valence-electron chi connectivity index (χ2n) is 6.33. The van der Waals surface area contributed by atoms with E-state index in [4.69, 9.17) is 10.6 Å². The van der Waals surface area contributed by atoms with Gasteiger partial charge in [0.05, 0.1) is 6.10 Å². The van der Waals surface area contributed by atoms with Crippen LogP contribution < -0.4 is 16.0 Å². The quantitative estimate of drug-likeness (QED) is 0.620. The van der Waals surface area contributed by atoms with Crippen LogP contribution in [0.3, 0.4) is 0 Å². The number of nitrogens with two attached hydrogens (primary N) is 1. The lowest BCUT2D eigenvalue weighted by molar-refractivity contribution is 0.303. The molecule has 2 atom stereocenters. The minimum atomic E-state index is 0.259. The third kappa shape index (κ3) is 2.38. The number of hydrogen-bond donors (Lipinski definition) is 2. The molecule has 2 fully saturated rings. The van der Waals surface area contributed by atoms with Crippen LogP contribution in [0.4, 0.5) is 0 Å². The fourth-order valence-corrected chi connectivity index (χ4v) is 2.65. The summed E-state index contributed by atoms with van der Waals surface area (Å²) in [5.41, 5.74) is 4.64. The predicted molar refractivity (Wildman–Crippen MR) is 72.0 cm³/mol. The first-order chi connectivity index (χ1) is 8.60. The van der Waals surface area contributed by atoms with E-state index < -0.39 is 0 Å². The highest BCUT2D eigenvalue weighted by molar-refractivity contribution is 5.31. The molecule has 3 nitrogen and oxygen atoms in total. The van der Waals surface area contributed by atoms with Crippen LogP contribution in [0.1, 0.15) is 44.7 Å². The molecule has 1 aromatic rings. The summed E-state index contributed by atoms with van der Waals surface area (Å²) in [6, 6.07) is 8.66. The molecular formula is C15H22N2O. The fourth-order valence-electron chi connectivity index (χ4n) is 2.65. The van der Waals surface area contributed by atoms with Crippen LogP contribution in [0.2, 0.25) is 0 Å². The summed E-state index contributed by atoms with van der Waals surface area (Å²) in [7, 11) is 0. The number of hydrazine groups is 1. The number of rotatable bonds is 5. The third-order valence-electron chi connectivity index (χ3n) is 4.24.